The van der Waals surface area contributed by atoms with E-state index in [1.54, 1.807) is 30.5 Å². The smallest absolute Gasteiger partial charge is 0.321 e. The van der Waals surface area contributed by atoms with Crippen molar-refractivity contribution in [1.82, 2.24) is 14.8 Å². The van der Waals surface area contributed by atoms with Crippen LogP contribution in [0.3, 0.4) is 0 Å². The van der Waals surface area contributed by atoms with Crippen LogP contribution in [0.1, 0.15) is 10.4 Å². The van der Waals surface area contributed by atoms with Crippen LogP contribution in [-0.2, 0) is 0 Å². The van der Waals surface area contributed by atoms with E-state index in [9.17, 15) is 9.59 Å². The normalized spacial score (nSPS) is 17.2. The number of carbonyl (C=O) groups is 2. The number of pyridine rings is 1. The molecule has 3 heterocycles. The number of nitrogens with one attached hydrogen (secondary N) is 1. The quantitative estimate of drug-likeness (QED) is 0.841. The van der Waals surface area contributed by atoms with Gasteiger partial charge in [0, 0.05) is 68.2 Å². The lowest BCUT2D eigenvalue weighted by molar-refractivity contribution is 0.0772. The number of amides is 3. The Morgan fingerprint density at radius 2 is 1.59 bits per heavy atom. The van der Waals surface area contributed by atoms with Crippen LogP contribution in [0, 0.1) is 0 Å². The van der Waals surface area contributed by atoms with Gasteiger partial charge < -0.3 is 20.0 Å². The van der Waals surface area contributed by atoms with E-state index in [-0.39, 0.29) is 11.9 Å². The molecule has 2 aliphatic rings. The van der Waals surface area contributed by atoms with Gasteiger partial charge in [-0.25, -0.2) is 9.78 Å². The minimum atomic E-state index is -0.113. The van der Waals surface area contributed by atoms with E-state index in [4.69, 9.17) is 0 Å². The van der Waals surface area contributed by atoms with Gasteiger partial charge in [0.15, 0.2) is 0 Å². The Morgan fingerprint density at radius 3 is 2.24 bits per heavy atom. The first-order chi connectivity index (χ1) is 14.2. The fourth-order valence-corrected chi connectivity index (χ4v) is 4.43. The maximum Gasteiger partial charge on any atom is 0.321 e. The highest BCUT2D eigenvalue weighted by atomic mass is 32.2. The number of hydrogen-bond acceptors (Lipinski definition) is 5. The van der Waals surface area contributed by atoms with Crippen molar-refractivity contribution in [3.05, 3.63) is 54.2 Å². The van der Waals surface area contributed by atoms with Crippen molar-refractivity contribution in [3.8, 4) is 0 Å². The number of benzene rings is 1. The molecule has 0 atom stereocenters. The van der Waals surface area contributed by atoms with Crippen LogP contribution in [0.15, 0.2) is 48.7 Å². The standard InChI is InChI=1S/C21H25N5O2S/c27-20(25-13-15-29-16-14-25)17-4-6-18(7-5-17)23-21(28)26-11-9-24(10-12-26)19-3-1-2-8-22-19/h1-8H,9-16H2,(H,23,28). The van der Waals surface area contributed by atoms with E-state index in [0.29, 0.717) is 24.3 Å². The second-order valence-corrected chi connectivity index (χ2v) is 8.30. The fourth-order valence-electron chi connectivity index (χ4n) is 3.53. The molecule has 152 valence electrons. The minimum Gasteiger partial charge on any atom is -0.353 e. The van der Waals surface area contributed by atoms with Gasteiger partial charge in [0.25, 0.3) is 5.91 Å². The number of anilines is 2. The van der Waals surface area contributed by atoms with Crippen molar-refractivity contribution in [3.63, 3.8) is 0 Å². The Kier molecular flexibility index (Phi) is 6.19. The molecule has 0 radical (unpaired) electrons. The second kappa shape index (κ2) is 9.17. The number of urea groups is 1. The van der Waals surface area contributed by atoms with Crippen LogP contribution in [0.25, 0.3) is 0 Å². The van der Waals surface area contributed by atoms with Crippen LogP contribution in [0.4, 0.5) is 16.3 Å². The molecule has 1 aromatic carbocycles. The van der Waals surface area contributed by atoms with E-state index in [1.807, 2.05) is 39.8 Å². The zero-order valence-corrected chi connectivity index (χ0v) is 17.1. The average Bonchev–Trinajstić information content (AvgIpc) is 2.80. The van der Waals surface area contributed by atoms with Crippen molar-refractivity contribution in [2.45, 2.75) is 0 Å². The largest absolute Gasteiger partial charge is 0.353 e. The molecule has 1 aromatic heterocycles. The third-order valence-corrected chi connectivity index (χ3v) is 6.16. The van der Waals surface area contributed by atoms with E-state index in [1.165, 1.54) is 0 Å². The molecule has 29 heavy (non-hydrogen) atoms. The second-order valence-electron chi connectivity index (χ2n) is 7.07. The number of aromatic nitrogens is 1. The third kappa shape index (κ3) is 4.82. The average molecular weight is 412 g/mol. The summed E-state index contributed by atoms with van der Waals surface area (Å²) in [4.78, 5) is 35.4. The molecule has 2 fully saturated rings. The highest BCUT2D eigenvalue weighted by molar-refractivity contribution is 7.99. The van der Waals surface area contributed by atoms with Crippen LogP contribution in [-0.4, -0.2) is 77.5 Å². The number of piperazine rings is 1. The zero-order valence-electron chi connectivity index (χ0n) is 16.3. The predicted molar refractivity (Wildman–Crippen MR) is 117 cm³/mol. The molecule has 7 nitrogen and oxygen atoms in total. The summed E-state index contributed by atoms with van der Waals surface area (Å²) in [6.07, 6.45) is 1.78. The molecule has 8 heteroatoms. The topological polar surface area (TPSA) is 68.8 Å². The van der Waals surface area contributed by atoms with Crippen LogP contribution in [0.2, 0.25) is 0 Å². The molecule has 2 aromatic rings. The summed E-state index contributed by atoms with van der Waals surface area (Å²) in [6, 6.07) is 12.9. The van der Waals surface area contributed by atoms with Crippen molar-refractivity contribution in [2.75, 3.05) is 61.0 Å². The van der Waals surface area contributed by atoms with Crippen LogP contribution >= 0.6 is 11.8 Å². The van der Waals surface area contributed by atoms with Gasteiger partial charge in [0.05, 0.1) is 0 Å². The van der Waals surface area contributed by atoms with Crippen molar-refractivity contribution in [2.24, 2.45) is 0 Å². The maximum atomic E-state index is 12.6. The van der Waals surface area contributed by atoms with Gasteiger partial charge >= 0.3 is 6.03 Å². The first-order valence-electron chi connectivity index (χ1n) is 9.90. The molecule has 0 aliphatic carbocycles. The summed E-state index contributed by atoms with van der Waals surface area (Å²) >= 11 is 1.88. The first kappa shape index (κ1) is 19.6. The molecule has 3 amide bonds. The molecule has 0 spiro atoms. The van der Waals surface area contributed by atoms with Crippen molar-refractivity contribution < 1.29 is 9.59 Å². The highest BCUT2D eigenvalue weighted by Crippen LogP contribution is 2.17. The predicted octanol–water partition coefficient (Wildman–Crippen LogP) is 2.62. The van der Waals surface area contributed by atoms with Crippen LogP contribution < -0.4 is 10.2 Å². The lowest BCUT2D eigenvalue weighted by Crippen LogP contribution is -2.50. The minimum absolute atomic E-state index is 0.0637. The van der Waals surface area contributed by atoms with Gasteiger partial charge in [-0.2, -0.15) is 11.8 Å². The summed E-state index contributed by atoms with van der Waals surface area (Å²) in [5, 5.41) is 2.94. The monoisotopic (exact) mass is 411 g/mol. The van der Waals surface area contributed by atoms with Gasteiger partial charge in [0.1, 0.15) is 5.82 Å². The van der Waals surface area contributed by atoms with E-state index in [0.717, 1.165) is 43.5 Å². The lowest BCUT2D eigenvalue weighted by atomic mass is 10.1. The summed E-state index contributed by atoms with van der Waals surface area (Å²) < 4.78 is 0. The molecule has 1 N–H and O–H groups in total. The number of nitrogens with zero attached hydrogens (tertiary/aromatic N) is 4. The molecule has 0 saturated carbocycles. The Balaban J connectivity index is 1.29. The summed E-state index contributed by atoms with van der Waals surface area (Å²) in [5.41, 5.74) is 1.37. The first-order valence-corrected chi connectivity index (χ1v) is 11.1. The van der Waals surface area contributed by atoms with Gasteiger partial charge in [-0.05, 0) is 36.4 Å². The van der Waals surface area contributed by atoms with Crippen LogP contribution in [0.5, 0.6) is 0 Å². The number of thioether (sulfide) groups is 1. The number of rotatable bonds is 3. The SMILES string of the molecule is O=C(Nc1ccc(C(=O)N2CCSCC2)cc1)N1CCN(c2ccccn2)CC1. The Hall–Kier alpha value is -2.74. The van der Waals surface area contributed by atoms with Gasteiger partial charge in [-0.15, -0.1) is 0 Å². The molecule has 2 saturated heterocycles. The van der Waals surface area contributed by atoms with Gasteiger partial charge in [-0.3, -0.25) is 4.79 Å². The van der Waals surface area contributed by atoms with Gasteiger partial charge in [0.2, 0.25) is 0 Å². The highest BCUT2D eigenvalue weighted by Gasteiger charge is 2.22. The van der Waals surface area contributed by atoms with E-state index in [2.05, 4.69) is 15.2 Å². The molecular weight excluding hydrogens is 386 g/mol. The maximum absolute atomic E-state index is 12.6. The molecule has 0 bridgehead atoms. The van der Waals surface area contributed by atoms with Crippen molar-refractivity contribution in [1.29, 1.82) is 0 Å². The van der Waals surface area contributed by atoms with E-state index >= 15 is 0 Å². The molecule has 0 unspecified atom stereocenters. The lowest BCUT2D eigenvalue weighted by Gasteiger charge is -2.35. The third-order valence-electron chi connectivity index (χ3n) is 5.22. The van der Waals surface area contributed by atoms with E-state index < -0.39 is 0 Å². The van der Waals surface area contributed by atoms with Crippen molar-refractivity contribution >= 4 is 35.2 Å². The van der Waals surface area contributed by atoms with Gasteiger partial charge in [-0.1, -0.05) is 6.07 Å². The molecule has 2 aliphatic heterocycles. The Bertz CT molecular complexity index is 832. The Morgan fingerprint density at radius 1 is 0.862 bits per heavy atom. The zero-order chi connectivity index (χ0) is 20.1. The summed E-state index contributed by atoms with van der Waals surface area (Å²) in [6.45, 7) is 4.40. The fraction of sp³-hybridized carbons (Fsp3) is 0.381. The Labute approximate surface area is 175 Å². The number of carbonyl (C=O) groups excluding carboxylic acids is 2. The number of hydrogen-bond donors (Lipinski definition) is 1. The summed E-state index contributed by atoms with van der Waals surface area (Å²) in [5.74, 6) is 3.00. The molecule has 4 rings (SSSR count). The molecular formula is C21H25N5O2S. The summed E-state index contributed by atoms with van der Waals surface area (Å²) in [7, 11) is 0.